The smallest absolute Gasteiger partial charge is 0.328 e. The molecule has 0 spiro atoms. The molecule has 0 atom stereocenters. The number of hydrogen-bond acceptors (Lipinski definition) is 5. The number of hydrogen-bond donors (Lipinski definition) is 2. The van der Waals surface area contributed by atoms with Crippen LogP contribution in [0.4, 0.5) is 5.69 Å². The van der Waals surface area contributed by atoms with Crippen molar-refractivity contribution < 1.29 is 27.8 Å². The summed E-state index contributed by atoms with van der Waals surface area (Å²) in [7, 11) is -1.38. The summed E-state index contributed by atoms with van der Waals surface area (Å²) in [5.41, 5.74) is 0.628. The number of carboxylic acid groups (broad SMARTS) is 1. The van der Waals surface area contributed by atoms with E-state index >= 15 is 0 Å². The van der Waals surface area contributed by atoms with Gasteiger partial charge in [-0.2, -0.15) is 0 Å². The van der Waals surface area contributed by atoms with Crippen LogP contribution in [0.15, 0.2) is 47.4 Å². The number of sulfonamides is 1. The highest BCUT2D eigenvalue weighted by molar-refractivity contribution is 7.92. The highest BCUT2D eigenvalue weighted by Gasteiger charge is 2.24. The number of ether oxygens (including phenoxy) is 2. The third-order valence-corrected chi connectivity index (χ3v) is 4.91. The molecule has 2 rings (SSSR count). The SMILES string of the molecule is COc1cc(C=CC(=O)O)cc(S(=O)(=O)Nc2ccc(Cl)cc2)c1OC. The Morgan fingerprint density at radius 3 is 2.35 bits per heavy atom. The summed E-state index contributed by atoms with van der Waals surface area (Å²) in [5, 5.41) is 9.23. The van der Waals surface area contributed by atoms with Crippen LogP contribution >= 0.6 is 11.6 Å². The molecule has 138 valence electrons. The van der Waals surface area contributed by atoms with Gasteiger partial charge in [0.15, 0.2) is 11.5 Å². The number of anilines is 1. The number of rotatable bonds is 7. The Bertz CT molecular complexity index is 938. The first-order chi connectivity index (χ1) is 12.3. The van der Waals surface area contributed by atoms with E-state index in [1.165, 1.54) is 44.6 Å². The lowest BCUT2D eigenvalue weighted by atomic mass is 10.2. The molecule has 2 N–H and O–H groups in total. The summed E-state index contributed by atoms with van der Waals surface area (Å²) in [4.78, 5) is 10.5. The highest BCUT2D eigenvalue weighted by Crippen LogP contribution is 2.37. The number of carboxylic acids is 1. The second-order valence-corrected chi connectivity index (χ2v) is 7.13. The number of aliphatic carboxylic acids is 1. The van der Waals surface area contributed by atoms with Gasteiger partial charge >= 0.3 is 5.97 Å². The highest BCUT2D eigenvalue weighted by atomic mass is 35.5. The summed E-state index contributed by atoms with van der Waals surface area (Å²) < 4.78 is 38.4. The number of benzene rings is 2. The lowest BCUT2D eigenvalue weighted by molar-refractivity contribution is -0.131. The molecule has 26 heavy (non-hydrogen) atoms. The van der Waals surface area contributed by atoms with Gasteiger partial charge in [0.1, 0.15) is 4.90 Å². The maximum atomic E-state index is 12.8. The molecule has 0 unspecified atom stereocenters. The van der Waals surface area contributed by atoms with Crippen LogP contribution in [0.25, 0.3) is 6.08 Å². The first-order valence-corrected chi connectivity index (χ1v) is 9.08. The minimum Gasteiger partial charge on any atom is -0.493 e. The van der Waals surface area contributed by atoms with Crippen molar-refractivity contribution in [3.05, 3.63) is 53.1 Å². The summed E-state index contributed by atoms with van der Waals surface area (Å²) in [6.45, 7) is 0. The van der Waals surface area contributed by atoms with Gasteiger partial charge in [0.05, 0.1) is 14.2 Å². The molecule has 0 bridgehead atoms. The Morgan fingerprint density at radius 2 is 1.81 bits per heavy atom. The molecule has 0 aliphatic carbocycles. The van der Waals surface area contributed by atoms with Crippen molar-refractivity contribution in [3.63, 3.8) is 0 Å². The Hall–Kier alpha value is -2.71. The third kappa shape index (κ3) is 4.68. The van der Waals surface area contributed by atoms with Gasteiger partial charge in [0, 0.05) is 16.8 Å². The molecule has 0 amide bonds. The average Bonchev–Trinajstić information content (AvgIpc) is 2.60. The van der Waals surface area contributed by atoms with Crippen LogP contribution in [0.1, 0.15) is 5.56 Å². The van der Waals surface area contributed by atoms with Crippen molar-refractivity contribution in [3.8, 4) is 11.5 Å². The van der Waals surface area contributed by atoms with Gasteiger partial charge in [-0.05, 0) is 48.0 Å². The molecule has 0 heterocycles. The molecule has 7 nitrogen and oxygen atoms in total. The molecule has 0 fully saturated rings. The molecule has 0 aliphatic rings. The van der Waals surface area contributed by atoms with Crippen molar-refractivity contribution in [1.29, 1.82) is 0 Å². The Morgan fingerprint density at radius 1 is 1.15 bits per heavy atom. The van der Waals surface area contributed by atoms with Gasteiger partial charge in [0.25, 0.3) is 10.0 Å². The minimum atomic E-state index is -4.04. The molecular weight excluding hydrogens is 382 g/mol. The van der Waals surface area contributed by atoms with Crippen LogP contribution in [-0.4, -0.2) is 33.7 Å². The van der Waals surface area contributed by atoms with Crippen molar-refractivity contribution in [2.75, 3.05) is 18.9 Å². The van der Waals surface area contributed by atoms with E-state index in [1.54, 1.807) is 12.1 Å². The van der Waals surface area contributed by atoms with Gasteiger partial charge < -0.3 is 14.6 Å². The zero-order chi connectivity index (χ0) is 19.3. The molecule has 0 aromatic heterocycles. The Balaban J connectivity index is 2.55. The first-order valence-electron chi connectivity index (χ1n) is 7.22. The maximum Gasteiger partial charge on any atom is 0.328 e. The minimum absolute atomic E-state index is 0.00133. The molecule has 2 aromatic rings. The lowest BCUT2D eigenvalue weighted by Gasteiger charge is -2.15. The van der Waals surface area contributed by atoms with Crippen LogP contribution in [0.3, 0.4) is 0 Å². The molecule has 0 saturated carbocycles. The molecule has 0 radical (unpaired) electrons. The zero-order valence-electron chi connectivity index (χ0n) is 13.9. The van der Waals surface area contributed by atoms with Gasteiger partial charge in [-0.15, -0.1) is 0 Å². The molecule has 2 aromatic carbocycles. The summed E-state index contributed by atoms with van der Waals surface area (Å²) >= 11 is 5.80. The van der Waals surface area contributed by atoms with E-state index in [0.717, 1.165) is 6.08 Å². The van der Waals surface area contributed by atoms with Crippen LogP contribution < -0.4 is 14.2 Å². The van der Waals surface area contributed by atoms with Crippen LogP contribution in [0.5, 0.6) is 11.5 Å². The van der Waals surface area contributed by atoms with E-state index in [2.05, 4.69) is 4.72 Å². The number of methoxy groups -OCH3 is 2. The third-order valence-electron chi connectivity index (χ3n) is 3.27. The monoisotopic (exact) mass is 397 g/mol. The fourth-order valence-corrected chi connectivity index (χ4v) is 3.54. The Labute approximate surface area is 155 Å². The number of nitrogens with one attached hydrogen (secondary N) is 1. The molecular formula is C17H16ClNO6S. The Kier molecular flexibility index (Phi) is 6.12. The topological polar surface area (TPSA) is 102 Å². The van der Waals surface area contributed by atoms with Gasteiger partial charge in [-0.1, -0.05) is 11.6 Å². The van der Waals surface area contributed by atoms with Crippen LogP contribution in [0, 0.1) is 0 Å². The normalized spacial score (nSPS) is 11.3. The first kappa shape index (κ1) is 19.6. The van der Waals surface area contributed by atoms with Crippen molar-refractivity contribution >= 4 is 39.4 Å². The second-order valence-electron chi connectivity index (χ2n) is 5.04. The largest absolute Gasteiger partial charge is 0.493 e. The van der Waals surface area contributed by atoms with E-state index in [4.69, 9.17) is 26.2 Å². The predicted molar refractivity (Wildman–Crippen MR) is 98.5 cm³/mol. The number of carbonyl (C=O) groups is 1. The second kappa shape index (κ2) is 8.11. The van der Waals surface area contributed by atoms with E-state index in [0.29, 0.717) is 16.3 Å². The average molecular weight is 398 g/mol. The summed E-state index contributed by atoms with van der Waals surface area (Å²) in [6.07, 6.45) is 2.15. The van der Waals surface area contributed by atoms with Gasteiger partial charge in [-0.25, -0.2) is 13.2 Å². The fourth-order valence-electron chi connectivity index (χ4n) is 2.14. The van der Waals surface area contributed by atoms with Crippen molar-refractivity contribution in [2.24, 2.45) is 0 Å². The molecule has 0 saturated heterocycles. The fraction of sp³-hybridized carbons (Fsp3) is 0.118. The standard InChI is InChI=1S/C17H16ClNO6S/c1-24-14-9-11(3-8-16(20)21)10-15(17(14)25-2)26(22,23)19-13-6-4-12(18)5-7-13/h3-10,19H,1-2H3,(H,20,21). The maximum absolute atomic E-state index is 12.8. The summed E-state index contributed by atoms with van der Waals surface area (Å²) in [6, 6.07) is 8.88. The van der Waals surface area contributed by atoms with Crippen LogP contribution in [-0.2, 0) is 14.8 Å². The van der Waals surface area contributed by atoms with E-state index < -0.39 is 16.0 Å². The quantitative estimate of drug-likeness (QED) is 0.695. The number of halogens is 1. The molecule has 9 heteroatoms. The van der Waals surface area contributed by atoms with Gasteiger partial charge in [0.2, 0.25) is 0 Å². The lowest BCUT2D eigenvalue weighted by Crippen LogP contribution is -2.14. The van der Waals surface area contributed by atoms with E-state index in [9.17, 15) is 13.2 Å². The molecule has 0 aliphatic heterocycles. The summed E-state index contributed by atoms with van der Waals surface area (Å²) in [5.74, 6) is -1.01. The van der Waals surface area contributed by atoms with E-state index in [-0.39, 0.29) is 16.4 Å². The van der Waals surface area contributed by atoms with Crippen molar-refractivity contribution in [2.45, 2.75) is 4.90 Å². The van der Waals surface area contributed by atoms with Crippen molar-refractivity contribution in [1.82, 2.24) is 0 Å². The predicted octanol–water partition coefficient (Wildman–Crippen LogP) is 3.26. The van der Waals surface area contributed by atoms with Crippen LogP contribution in [0.2, 0.25) is 5.02 Å². The zero-order valence-corrected chi connectivity index (χ0v) is 15.5. The van der Waals surface area contributed by atoms with Gasteiger partial charge in [-0.3, -0.25) is 4.72 Å². The van der Waals surface area contributed by atoms with E-state index in [1.807, 2.05) is 0 Å².